The number of rotatable bonds is 10. The van der Waals surface area contributed by atoms with Gasteiger partial charge in [-0.25, -0.2) is 0 Å². The van der Waals surface area contributed by atoms with E-state index in [0.717, 1.165) is 19.6 Å². The predicted molar refractivity (Wildman–Crippen MR) is 106 cm³/mol. The predicted octanol–water partition coefficient (Wildman–Crippen LogP) is 2.35. The molecule has 8 heteroatoms. The van der Waals surface area contributed by atoms with Gasteiger partial charge in [-0.1, -0.05) is 0 Å². The van der Waals surface area contributed by atoms with Crippen LogP contribution in [0.1, 0.15) is 4.88 Å². The summed E-state index contributed by atoms with van der Waals surface area (Å²) in [5.41, 5.74) is 0. The highest BCUT2D eigenvalue weighted by Crippen LogP contribution is 2.37. The van der Waals surface area contributed by atoms with Crippen molar-refractivity contribution in [3.63, 3.8) is 0 Å². The van der Waals surface area contributed by atoms with Gasteiger partial charge in [-0.15, -0.1) is 22.7 Å². The number of ether oxygens (including phenoxy) is 1. The second-order valence-electron chi connectivity index (χ2n) is 5.72. The molecule has 0 aliphatic heterocycles. The van der Waals surface area contributed by atoms with Gasteiger partial charge in [0, 0.05) is 48.3 Å². The van der Waals surface area contributed by atoms with Gasteiger partial charge in [0.2, 0.25) is 5.91 Å². The van der Waals surface area contributed by atoms with Gasteiger partial charge in [0.15, 0.2) is 0 Å². The van der Waals surface area contributed by atoms with Crippen LogP contribution in [-0.2, 0) is 16.0 Å². The normalized spacial score (nSPS) is 11.8. The number of anilines is 1. The number of nitrogens with one attached hydrogen (secondary N) is 1. The molecule has 1 atom stereocenters. The Hall–Kier alpha value is -1.92. The van der Waals surface area contributed by atoms with E-state index in [1.807, 2.05) is 30.1 Å². The summed E-state index contributed by atoms with van der Waals surface area (Å²) in [6, 6.07) is 10.2. The molecular formula is C18H23N3O3S2. The van der Waals surface area contributed by atoms with Crippen LogP contribution in [0.5, 0.6) is 0 Å². The number of hydrogen-bond acceptors (Lipinski definition) is 7. The summed E-state index contributed by atoms with van der Waals surface area (Å²) in [6.45, 7) is 1.55. The van der Waals surface area contributed by atoms with Crippen molar-refractivity contribution in [2.75, 3.05) is 45.4 Å². The van der Waals surface area contributed by atoms with Crippen LogP contribution < -0.4 is 10.2 Å². The highest BCUT2D eigenvalue weighted by Gasteiger charge is 2.19. The first-order valence-electron chi connectivity index (χ1n) is 8.26. The Morgan fingerprint density at radius 1 is 1.35 bits per heavy atom. The van der Waals surface area contributed by atoms with Crippen LogP contribution in [-0.4, -0.2) is 51.5 Å². The van der Waals surface area contributed by atoms with Crippen LogP contribution >= 0.6 is 22.7 Å². The van der Waals surface area contributed by atoms with Gasteiger partial charge in [-0.05, 0) is 24.3 Å². The Morgan fingerprint density at radius 2 is 2.08 bits per heavy atom. The molecule has 0 aliphatic rings. The van der Waals surface area contributed by atoms with E-state index in [1.165, 1.54) is 0 Å². The molecule has 1 amide bonds. The minimum absolute atomic E-state index is 0.120. The van der Waals surface area contributed by atoms with Crippen molar-refractivity contribution in [3.05, 3.63) is 29.1 Å². The lowest BCUT2D eigenvalue weighted by Crippen LogP contribution is -2.33. The fourth-order valence-corrected chi connectivity index (χ4v) is 4.48. The molecule has 1 unspecified atom stereocenters. The maximum Gasteiger partial charge on any atom is 0.237 e. The molecule has 0 fully saturated rings. The molecule has 2 aromatic heterocycles. The van der Waals surface area contributed by atoms with Gasteiger partial charge >= 0.3 is 0 Å². The number of hydrogen-bond donors (Lipinski definition) is 2. The molecule has 2 aromatic rings. The number of carbonyl (C=O) groups is 1. The molecule has 0 saturated carbocycles. The highest BCUT2D eigenvalue weighted by molar-refractivity contribution is 7.24. The molecule has 0 spiro atoms. The van der Waals surface area contributed by atoms with Crippen LogP contribution in [0.2, 0.25) is 0 Å². The minimum atomic E-state index is -0.701. The van der Waals surface area contributed by atoms with Crippen molar-refractivity contribution >= 4 is 33.6 Å². The zero-order valence-corrected chi connectivity index (χ0v) is 16.5. The highest BCUT2D eigenvalue weighted by atomic mass is 32.1. The fourth-order valence-electron chi connectivity index (χ4n) is 2.34. The second-order valence-corrected chi connectivity index (χ2v) is 7.95. The maximum atomic E-state index is 12.1. The summed E-state index contributed by atoms with van der Waals surface area (Å²) in [5, 5.41) is 22.1. The SMILES string of the molecule is COCCNC(=O)C(C#N)Cc1ccc(-c2ccc(N(C)CCO)s2)s1. The summed E-state index contributed by atoms with van der Waals surface area (Å²) in [7, 11) is 3.52. The molecule has 2 heterocycles. The van der Waals surface area contributed by atoms with Crippen LogP contribution in [0.3, 0.4) is 0 Å². The van der Waals surface area contributed by atoms with E-state index in [2.05, 4.69) is 17.5 Å². The number of aliphatic hydroxyl groups excluding tert-OH is 1. The first kappa shape index (κ1) is 20.4. The van der Waals surface area contributed by atoms with E-state index >= 15 is 0 Å². The summed E-state index contributed by atoms with van der Waals surface area (Å²) < 4.78 is 4.90. The van der Waals surface area contributed by atoms with Gasteiger partial charge in [0.25, 0.3) is 0 Å². The Bertz CT molecular complexity index is 751. The lowest BCUT2D eigenvalue weighted by molar-refractivity contribution is -0.123. The molecule has 0 aromatic carbocycles. The number of amides is 1. The molecule has 140 valence electrons. The Labute approximate surface area is 161 Å². The van der Waals surface area contributed by atoms with Crippen LogP contribution in [0.25, 0.3) is 9.75 Å². The van der Waals surface area contributed by atoms with E-state index < -0.39 is 5.92 Å². The summed E-state index contributed by atoms with van der Waals surface area (Å²) in [6.07, 6.45) is 0.405. The summed E-state index contributed by atoms with van der Waals surface area (Å²) >= 11 is 3.26. The first-order valence-corrected chi connectivity index (χ1v) is 9.89. The smallest absolute Gasteiger partial charge is 0.237 e. The van der Waals surface area contributed by atoms with Crippen molar-refractivity contribution < 1.29 is 14.6 Å². The lowest BCUT2D eigenvalue weighted by Gasteiger charge is -2.14. The maximum absolute atomic E-state index is 12.1. The van der Waals surface area contributed by atoms with Gasteiger partial charge < -0.3 is 20.1 Å². The number of methoxy groups -OCH3 is 1. The van der Waals surface area contributed by atoms with Crippen molar-refractivity contribution in [3.8, 4) is 15.8 Å². The van der Waals surface area contributed by atoms with Crippen molar-refractivity contribution in [1.82, 2.24) is 5.32 Å². The number of likely N-dealkylation sites (N-methyl/N-ethyl adjacent to an activating group) is 1. The lowest BCUT2D eigenvalue weighted by atomic mass is 10.1. The third-order valence-corrected chi connectivity index (χ3v) is 6.29. The Balaban J connectivity index is 2.00. The van der Waals surface area contributed by atoms with Crippen LogP contribution in [0.15, 0.2) is 24.3 Å². The van der Waals surface area contributed by atoms with Crippen molar-refractivity contribution in [2.45, 2.75) is 6.42 Å². The third-order valence-electron chi connectivity index (χ3n) is 3.79. The molecule has 0 aliphatic carbocycles. The molecule has 0 radical (unpaired) electrons. The monoisotopic (exact) mass is 393 g/mol. The Morgan fingerprint density at radius 3 is 2.77 bits per heavy atom. The second kappa shape index (κ2) is 10.3. The topological polar surface area (TPSA) is 85.6 Å². The standard InChI is InChI=1S/C18H23N3O3S2/c1-21(8-9-22)17-6-5-16(26-17)15-4-3-14(25-15)11-13(12-19)18(23)20-7-10-24-2/h3-6,13,22H,7-11H2,1-2H3,(H,20,23). The van der Waals surface area contributed by atoms with E-state index in [-0.39, 0.29) is 12.5 Å². The average molecular weight is 394 g/mol. The summed E-state index contributed by atoms with van der Waals surface area (Å²) in [5.74, 6) is -0.962. The van der Waals surface area contributed by atoms with Crippen LogP contribution in [0, 0.1) is 17.2 Å². The molecule has 2 rings (SSSR count). The molecule has 0 saturated heterocycles. The minimum Gasteiger partial charge on any atom is -0.395 e. The number of carbonyl (C=O) groups excluding carboxylic acids is 1. The number of nitriles is 1. The van der Waals surface area contributed by atoms with E-state index in [0.29, 0.717) is 26.1 Å². The fraction of sp³-hybridized carbons (Fsp3) is 0.444. The molecule has 26 heavy (non-hydrogen) atoms. The van der Waals surface area contributed by atoms with E-state index in [4.69, 9.17) is 9.84 Å². The Kier molecular flexibility index (Phi) is 8.06. The molecular weight excluding hydrogens is 370 g/mol. The van der Waals surface area contributed by atoms with E-state index in [1.54, 1.807) is 29.8 Å². The average Bonchev–Trinajstić information content (AvgIpc) is 3.29. The zero-order valence-electron chi connectivity index (χ0n) is 14.9. The number of thiophene rings is 2. The van der Waals surface area contributed by atoms with Gasteiger partial charge in [0.05, 0.1) is 24.3 Å². The number of nitrogens with zero attached hydrogens (tertiary/aromatic N) is 2. The first-order chi connectivity index (χ1) is 12.6. The largest absolute Gasteiger partial charge is 0.395 e. The van der Waals surface area contributed by atoms with Gasteiger partial charge in [-0.3, -0.25) is 4.79 Å². The third kappa shape index (κ3) is 5.54. The zero-order chi connectivity index (χ0) is 18.9. The van der Waals surface area contributed by atoms with Gasteiger partial charge in [-0.2, -0.15) is 5.26 Å². The molecule has 2 N–H and O–H groups in total. The summed E-state index contributed by atoms with van der Waals surface area (Å²) in [4.78, 5) is 17.3. The van der Waals surface area contributed by atoms with Crippen LogP contribution in [0.4, 0.5) is 5.00 Å². The molecule has 6 nitrogen and oxygen atoms in total. The number of aliphatic hydroxyl groups is 1. The van der Waals surface area contributed by atoms with Crippen molar-refractivity contribution in [2.24, 2.45) is 5.92 Å². The quantitative estimate of drug-likeness (QED) is 0.605. The molecule has 0 bridgehead atoms. The van der Waals surface area contributed by atoms with E-state index in [9.17, 15) is 10.1 Å². The van der Waals surface area contributed by atoms with Crippen molar-refractivity contribution in [1.29, 1.82) is 5.26 Å². The van der Waals surface area contributed by atoms with Gasteiger partial charge in [0.1, 0.15) is 5.92 Å².